The van der Waals surface area contributed by atoms with E-state index >= 15 is 0 Å². The van der Waals surface area contributed by atoms with Gasteiger partial charge in [0.05, 0.1) is 6.20 Å². The molecule has 7 heteroatoms. The van der Waals surface area contributed by atoms with E-state index in [0.717, 1.165) is 68.9 Å². The van der Waals surface area contributed by atoms with Gasteiger partial charge in [0.15, 0.2) is 5.13 Å². The van der Waals surface area contributed by atoms with Gasteiger partial charge in [-0.1, -0.05) is 18.3 Å². The van der Waals surface area contributed by atoms with Gasteiger partial charge >= 0.3 is 0 Å². The maximum Gasteiger partial charge on any atom is 0.265 e. The molecule has 2 saturated heterocycles. The van der Waals surface area contributed by atoms with Crippen LogP contribution in [0.1, 0.15) is 16.6 Å². The van der Waals surface area contributed by atoms with Crippen molar-refractivity contribution in [3.05, 3.63) is 11.1 Å². The third-order valence-corrected chi connectivity index (χ3v) is 5.24. The Morgan fingerprint density at radius 2 is 1.95 bits per heavy atom. The van der Waals surface area contributed by atoms with Crippen LogP contribution < -0.4 is 10.2 Å². The average molecular weight is 309 g/mol. The Morgan fingerprint density at radius 3 is 2.62 bits per heavy atom. The summed E-state index contributed by atoms with van der Waals surface area (Å²) in [4.78, 5) is 24.3. The zero-order valence-electron chi connectivity index (χ0n) is 12.5. The molecule has 0 spiro atoms. The molecule has 0 atom stereocenters. The Hall–Kier alpha value is -1.18. The molecule has 116 valence electrons. The molecule has 2 aliphatic heterocycles. The van der Waals surface area contributed by atoms with Crippen LogP contribution in [0.2, 0.25) is 0 Å². The summed E-state index contributed by atoms with van der Waals surface area (Å²) in [6, 6.07) is 0. The predicted molar refractivity (Wildman–Crippen MR) is 85.2 cm³/mol. The zero-order chi connectivity index (χ0) is 14.7. The fourth-order valence-electron chi connectivity index (χ4n) is 2.79. The number of anilines is 1. The van der Waals surface area contributed by atoms with Crippen molar-refractivity contribution in [3.8, 4) is 0 Å². The van der Waals surface area contributed by atoms with Gasteiger partial charge in [0.2, 0.25) is 0 Å². The van der Waals surface area contributed by atoms with Crippen molar-refractivity contribution in [1.82, 2.24) is 20.1 Å². The number of thiazole rings is 1. The largest absolute Gasteiger partial charge is 0.346 e. The van der Waals surface area contributed by atoms with E-state index in [0.29, 0.717) is 0 Å². The van der Waals surface area contributed by atoms with E-state index < -0.39 is 0 Å². The lowest BCUT2D eigenvalue weighted by atomic mass is 10.3. The van der Waals surface area contributed by atoms with Crippen LogP contribution in [0, 0.1) is 0 Å². The van der Waals surface area contributed by atoms with Gasteiger partial charge in [-0.2, -0.15) is 0 Å². The van der Waals surface area contributed by atoms with Gasteiger partial charge in [0.1, 0.15) is 4.88 Å². The molecule has 0 saturated carbocycles. The number of hydrogen-bond donors (Lipinski definition) is 1. The summed E-state index contributed by atoms with van der Waals surface area (Å²) in [6.45, 7) is 10.8. The van der Waals surface area contributed by atoms with Gasteiger partial charge in [-0.3, -0.25) is 4.79 Å². The highest BCUT2D eigenvalue weighted by Crippen LogP contribution is 2.24. The molecule has 0 radical (unpaired) electrons. The smallest absolute Gasteiger partial charge is 0.265 e. The number of hydrogen-bond acceptors (Lipinski definition) is 6. The Balaban J connectivity index is 1.62. The minimum absolute atomic E-state index is 0.132. The molecule has 0 aliphatic carbocycles. The summed E-state index contributed by atoms with van der Waals surface area (Å²) in [7, 11) is 0. The first-order chi connectivity index (χ1) is 10.3. The topological polar surface area (TPSA) is 51.7 Å². The maximum atomic E-state index is 12.4. The second-order valence-corrected chi connectivity index (χ2v) is 6.48. The molecule has 3 rings (SSSR count). The van der Waals surface area contributed by atoms with Gasteiger partial charge in [0.25, 0.3) is 5.91 Å². The second-order valence-electron chi connectivity index (χ2n) is 5.47. The second kappa shape index (κ2) is 6.72. The van der Waals surface area contributed by atoms with Crippen molar-refractivity contribution in [2.75, 3.05) is 63.8 Å². The summed E-state index contributed by atoms with van der Waals surface area (Å²) in [6.07, 6.45) is 1.75. The Morgan fingerprint density at radius 1 is 1.24 bits per heavy atom. The van der Waals surface area contributed by atoms with Gasteiger partial charge in [0, 0.05) is 52.4 Å². The molecule has 1 amide bonds. The Bertz CT molecular complexity index is 477. The number of aromatic nitrogens is 1. The lowest BCUT2D eigenvalue weighted by molar-refractivity contribution is 0.0740. The van der Waals surface area contributed by atoms with E-state index in [2.05, 4.69) is 27.0 Å². The average Bonchev–Trinajstić information content (AvgIpc) is 3.05. The van der Waals surface area contributed by atoms with E-state index in [-0.39, 0.29) is 5.91 Å². The predicted octanol–water partition coefficient (Wildman–Crippen LogP) is 0.330. The van der Waals surface area contributed by atoms with Crippen LogP contribution in [0.15, 0.2) is 6.20 Å². The van der Waals surface area contributed by atoms with Gasteiger partial charge in [-0.05, 0) is 6.54 Å². The van der Waals surface area contributed by atoms with Gasteiger partial charge in [-0.15, -0.1) is 0 Å². The van der Waals surface area contributed by atoms with Crippen molar-refractivity contribution < 1.29 is 4.79 Å². The molecule has 6 nitrogen and oxygen atoms in total. The van der Waals surface area contributed by atoms with Crippen molar-refractivity contribution >= 4 is 22.4 Å². The van der Waals surface area contributed by atoms with Crippen LogP contribution in [0.25, 0.3) is 0 Å². The van der Waals surface area contributed by atoms with E-state index in [9.17, 15) is 4.79 Å². The highest BCUT2D eigenvalue weighted by atomic mass is 32.1. The molecule has 0 aromatic carbocycles. The van der Waals surface area contributed by atoms with Crippen LogP contribution in [0.4, 0.5) is 5.13 Å². The van der Waals surface area contributed by atoms with Crippen molar-refractivity contribution in [3.63, 3.8) is 0 Å². The monoisotopic (exact) mass is 309 g/mol. The number of piperazine rings is 2. The van der Waals surface area contributed by atoms with Crippen LogP contribution in [-0.2, 0) is 0 Å². The third-order valence-electron chi connectivity index (χ3n) is 4.20. The van der Waals surface area contributed by atoms with Crippen molar-refractivity contribution in [2.45, 2.75) is 6.92 Å². The summed E-state index contributed by atoms with van der Waals surface area (Å²) in [5.41, 5.74) is 0. The third kappa shape index (κ3) is 3.36. The van der Waals surface area contributed by atoms with E-state index in [1.807, 2.05) is 4.90 Å². The summed E-state index contributed by atoms with van der Waals surface area (Å²) in [5, 5.41) is 4.26. The molecule has 0 unspecified atom stereocenters. The van der Waals surface area contributed by atoms with Crippen molar-refractivity contribution in [1.29, 1.82) is 0 Å². The van der Waals surface area contributed by atoms with Crippen LogP contribution >= 0.6 is 11.3 Å². The number of likely N-dealkylation sites (N-methyl/N-ethyl adjacent to an activating group) is 1. The molecule has 2 fully saturated rings. The fraction of sp³-hybridized carbons (Fsp3) is 0.714. The molecule has 21 heavy (non-hydrogen) atoms. The fourth-order valence-corrected chi connectivity index (χ4v) is 3.72. The molecule has 3 heterocycles. The number of carbonyl (C=O) groups is 1. The van der Waals surface area contributed by atoms with Crippen molar-refractivity contribution in [2.24, 2.45) is 0 Å². The standard InChI is InChI=1S/C14H23N5OS/c1-2-17-7-9-19(10-8-17)14-16-11-12(21-14)13(20)18-5-3-15-4-6-18/h11,15H,2-10H2,1H3. The zero-order valence-corrected chi connectivity index (χ0v) is 13.4. The maximum absolute atomic E-state index is 12.4. The number of amides is 1. The normalized spacial score (nSPS) is 20.8. The molecule has 1 aromatic heterocycles. The first-order valence-corrected chi connectivity index (χ1v) is 8.52. The summed E-state index contributed by atoms with van der Waals surface area (Å²) in [5.74, 6) is 0.132. The van der Waals surface area contributed by atoms with Crippen LogP contribution in [0.3, 0.4) is 0 Å². The number of rotatable bonds is 3. The molecule has 2 aliphatic rings. The SMILES string of the molecule is CCN1CCN(c2ncc(C(=O)N3CCNCC3)s2)CC1. The minimum atomic E-state index is 0.132. The number of carbonyl (C=O) groups excluding carboxylic acids is 1. The lowest BCUT2D eigenvalue weighted by Gasteiger charge is -2.33. The Labute approximate surface area is 129 Å². The quantitative estimate of drug-likeness (QED) is 0.872. The Kier molecular flexibility index (Phi) is 4.72. The molecular formula is C14H23N5OS. The summed E-state index contributed by atoms with van der Waals surface area (Å²) >= 11 is 1.53. The van der Waals surface area contributed by atoms with Gasteiger partial charge in [-0.25, -0.2) is 4.98 Å². The van der Waals surface area contributed by atoms with E-state index in [1.165, 1.54) is 11.3 Å². The van der Waals surface area contributed by atoms with Crippen LogP contribution in [-0.4, -0.2) is 79.6 Å². The first kappa shape index (κ1) is 14.7. The number of nitrogens with zero attached hydrogens (tertiary/aromatic N) is 4. The highest BCUT2D eigenvalue weighted by molar-refractivity contribution is 7.17. The highest BCUT2D eigenvalue weighted by Gasteiger charge is 2.23. The molecule has 0 bridgehead atoms. The number of nitrogens with one attached hydrogen (secondary N) is 1. The molecule has 1 N–H and O–H groups in total. The van der Waals surface area contributed by atoms with E-state index in [1.54, 1.807) is 6.20 Å². The van der Waals surface area contributed by atoms with Crippen LogP contribution in [0.5, 0.6) is 0 Å². The summed E-state index contributed by atoms with van der Waals surface area (Å²) < 4.78 is 0. The lowest BCUT2D eigenvalue weighted by Crippen LogP contribution is -2.46. The molecular weight excluding hydrogens is 286 g/mol. The minimum Gasteiger partial charge on any atom is -0.346 e. The molecule has 1 aromatic rings. The first-order valence-electron chi connectivity index (χ1n) is 7.71. The van der Waals surface area contributed by atoms with E-state index in [4.69, 9.17) is 0 Å². The van der Waals surface area contributed by atoms with Gasteiger partial charge < -0.3 is 20.0 Å².